The number of ether oxygens (including phenoxy) is 1. The molecule has 1 rings (SSSR count). The van der Waals surface area contributed by atoms with Gasteiger partial charge in [0.05, 0.1) is 19.3 Å². The number of nitrogens with zero attached hydrogens (tertiary/aromatic N) is 1. The molecular weight excluding hydrogens is 192 g/mol. The van der Waals surface area contributed by atoms with Gasteiger partial charge in [-0.3, -0.25) is 4.90 Å². The van der Waals surface area contributed by atoms with Crippen LogP contribution in [0, 0.1) is 0 Å². The Balaban J connectivity index is 2.25. The molecule has 0 amide bonds. The van der Waals surface area contributed by atoms with Gasteiger partial charge in [0.15, 0.2) is 0 Å². The minimum Gasteiger partial charge on any atom is -0.394 e. The molecule has 0 bridgehead atoms. The van der Waals surface area contributed by atoms with Crippen molar-refractivity contribution in [3.63, 3.8) is 0 Å². The summed E-state index contributed by atoms with van der Waals surface area (Å²) in [7, 11) is 0. The van der Waals surface area contributed by atoms with Gasteiger partial charge >= 0.3 is 0 Å². The Hall–Kier alpha value is -0.160. The van der Waals surface area contributed by atoms with Crippen LogP contribution in [0.3, 0.4) is 0 Å². The maximum atomic E-state index is 9.04. The Morgan fingerprint density at radius 2 is 2.27 bits per heavy atom. The topological polar surface area (TPSA) is 44.7 Å². The summed E-state index contributed by atoms with van der Waals surface area (Å²) < 4.78 is 5.48. The third kappa shape index (κ3) is 4.47. The molecule has 0 aromatic carbocycles. The number of morpholine rings is 1. The predicted octanol–water partition coefficient (Wildman–Crippen LogP) is 0.0660. The van der Waals surface area contributed by atoms with Crippen molar-refractivity contribution in [2.45, 2.75) is 39.0 Å². The van der Waals surface area contributed by atoms with E-state index in [9.17, 15) is 0 Å². The lowest BCUT2D eigenvalue weighted by Crippen LogP contribution is -2.51. The first-order valence-electron chi connectivity index (χ1n) is 5.83. The van der Waals surface area contributed by atoms with Gasteiger partial charge in [-0.1, -0.05) is 13.8 Å². The highest BCUT2D eigenvalue weighted by Crippen LogP contribution is 2.10. The lowest BCUT2D eigenvalue weighted by atomic mass is 10.2. The average molecular weight is 216 g/mol. The molecule has 0 aromatic rings. The number of rotatable bonds is 5. The molecule has 90 valence electrons. The molecule has 1 fully saturated rings. The zero-order valence-electron chi connectivity index (χ0n) is 10.1. The first kappa shape index (κ1) is 12.9. The van der Waals surface area contributed by atoms with Crippen molar-refractivity contribution in [3.8, 4) is 0 Å². The molecule has 1 aliphatic rings. The Bertz CT molecular complexity index is 176. The van der Waals surface area contributed by atoms with E-state index in [1.807, 2.05) is 0 Å². The Morgan fingerprint density at radius 3 is 2.87 bits per heavy atom. The second-order valence-electron chi connectivity index (χ2n) is 4.59. The smallest absolute Gasteiger partial charge is 0.0933 e. The van der Waals surface area contributed by atoms with Gasteiger partial charge < -0.3 is 15.2 Å². The molecule has 1 aliphatic heterocycles. The summed E-state index contributed by atoms with van der Waals surface area (Å²) in [6.07, 6.45) is 0.000231. The van der Waals surface area contributed by atoms with Crippen molar-refractivity contribution < 1.29 is 9.84 Å². The highest BCUT2D eigenvalue weighted by molar-refractivity contribution is 4.77. The van der Waals surface area contributed by atoms with Crippen LogP contribution < -0.4 is 5.32 Å². The number of hydrogen-bond acceptors (Lipinski definition) is 4. The van der Waals surface area contributed by atoms with Crippen LogP contribution >= 0.6 is 0 Å². The van der Waals surface area contributed by atoms with Gasteiger partial charge in [0.1, 0.15) is 0 Å². The third-order valence-corrected chi connectivity index (χ3v) is 2.79. The lowest BCUT2D eigenvalue weighted by molar-refractivity contribution is -0.0772. The van der Waals surface area contributed by atoms with Crippen LogP contribution in [0.5, 0.6) is 0 Å². The molecule has 0 unspecified atom stereocenters. The third-order valence-electron chi connectivity index (χ3n) is 2.79. The van der Waals surface area contributed by atoms with Crippen LogP contribution in [0.15, 0.2) is 0 Å². The number of aliphatic hydroxyl groups is 1. The van der Waals surface area contributed by atoms with Crippen molar-refractivity contribution in [3.05, 3.63) is 0 Å². The molecule has 2 N–H and O–H groups in total. The maximum absolute atomic E-state index is 9.04. The molecule has 0 radical (unpaired) electrons. The van der Waals surface area contributed by atoms with E-state index in [1.54, 1.807) is 0 Å². The molecule has 0 saturated carbocycles. The summed E-state index contributed by atoms with van der Waals surface area (Å²) in [6.45, 7) is 10.2. The first-order valence-corrected chi connectivity index (χ1v) is 5.83. The average Bonchev–Trinajstić information content (AvgIpc) is 2.20. The summed E-state index contributed by atoms with van der Waals surface area (Å²) in [5.41, 5.74) is 0. The van der Waals surface area contributed by atoms with Crippen molar-refractivity contribution in [2.75, 3.05) is 32.8 Å². The molecular formula is C11H24N2O2. The van der Waals surface area contributed by atoms with E-state index in [0.717, 1.165) is 26.2 Å². The highest BCUT2D eigenvalue weighted by Gasteiger charge is 2.24. The van der Waals surface area contributed by atoms with Crippen LogP contribution in [0.4, 0.5) is 0 Å². The number of hydrogen-bond donors (Lipinski definition) is 2. The van der Waals surface area contributed by atoms with Crippen molar-refractivity contribution in [1.82, 2.24) is 10.2 Å². The van der Waals surface area contributed by atoms with Gasteiger partial charge in [-0.2, -0.15) is 0 Å². The van der Waals surface area contributed by atoms with E-state index in [1.165, 1.54) is 0 Å². The van der Waals surface area contributed by atoms with Gasteiger partial charge in [0.25, 0.3) is 0 Å². The second kappa shape index (κ2) is 6.43. The van der Waals surface area contributed by atoms with Gasteiger partial charge in [0, 0.05) is 31.7 Å². The van der Waals surface area contributed by atoms with E-state index in [0.29, 0.717) is 12.1 Å². The molecule has 4 nitrogen and oxygen atoms in total. The Kier molecular flexibility index (Phi) is 5.53. The summed E-state index contributed by atoms with van der Waals surface area (Å²) >= 11 is 0. The molecule has 0 aromatic heterocycles. The van der Waals surface area contributed by atoms with Crippen LogP contribution in [-0.2, 0) is 4.74 Å². The normalized spacial score (nSPS) is 28.6. The van der Waals surface area contributed by atoms with E-state index < -0.39 is 0 Å². The lowest BCUT2D eigenvalue weighted by Gasteiger charge is -2.37. The van der Waals surface area contributed by atoms with Crippen molar-refractivity contribution in [2.24, 2.45) is 0 Å². The fraction of sp³-hybridized carbons (Fsp3) is 1.00. The minimum absolute atomic E-state index is 0.000231. The molecule has 0 aliphatic carbocycles. The van der Waals surface area contributed by atoms with E-state index in [-0.39, 0.29) is 12.7 Å². The largest absolute Gasteiger partial charge is 0.394 e. The first-order chi connectivity index (χ1) is 7.13. The summed E-state index contributed by atoms with van der Waals surface area (Å²) in [4.78, 5) is 2.37. The predicted molar refractivity (Wildman–Crippen MR) is 61.0 cm³/mol. The maximum Gasteiger partial charge on any atom is 0.0933 e. The fourth-order valence-corrected chi connectivity index (χ4v) is 1.79. The second-order valence-corrected chi connectivity index (χ2v) is 4.59. The van der Waals surface area contributed by atoms with Crippen LogP contribution in [0.2, 0.25) is 0 Å². The van der Waals surface area contributed by atoms with Crippen LogP contribution in [-0.4, -0.2) is 61.0 Å². The number of aliphatic hydroxyl groups excluding tert-OH is 1. The SMILES string of the molecule is CC(C)NCCN1C[C@H](CO)OC[C@H]1C. The van der Waals surface area contributed by atoms with Gasteiger partial charge in [-0.25, -0.2) is 0 Å². The molecule has 15 heavy (non-hydrogen) atoms. The Morgan fingerprint density at radius 1 is 1.53 bits per heavy atom. The van der Waals surface area contributed by atoms with E-state index in [2.05, 4.69) is 31.0 Å². The molecule has 4 heteroatoms. The monoisotopic (exact) mass is 216 g/mol. The van der Waals surface area contributed by atoms with Gasteiger partial charge in [-0.15, -0.1) is 0 Å². The van der Waals surface area contributed by atoms with Crippen LogP contribution in [0.25, 0.3) is 0 Å². The van der Waals surface area contributed by atoms with Gasteiger partial charge in [-0.05, 0) is 6.92 Å². The Labute approximate surface area is 92.6 Å². The zero-order chi connectivity index (χ0) is 11.3. The van der Waals surface area contributed by atoms with Crippen molar-refractivity contribution in [1.29, 1.82) is 0 Å². The minimum atomic E-state index is 0.000231. The van der Waals surface area contributed by atoms with E-state index in [4.69, 9.17) is 9.84 Å². The molecule has 1 heterocycles. The summed E-state index contributed by atoms with van der Waals surface area (Å²) in [5, 5.41) is 12.4. The number of nitrogens with one attached hydrogen (secondary N) is 1. The van der Waals surface area contributed by atoms with Crippen LogP contribution in [0.1, 0.15) is 20.8 Å². The summed E-state index contributed by atoms with van der Waals surface area (Å²) in [5.74, 6) is 0. The van der Waals surface area contributed by atoms with E-state index >= 15 is 0 Å². The highest BCUT2D eigenvalue weighted by atomic mass is 16.5. The molecule has 1 saturated heterocycles. The van der Waals surface area contributed by atoms with Gasteiger partial charge in [0.2, 0.25) is 0 Å². The standard InChI is InChI=1S/C11H24N2O2/c1-9(2)12-4-5-13-6-11(7-14)15-8-10(13)3/h9-12,14H,4-8H2,1-3H3/t10-,11-/m1/s1. The quantitative estimate of drug-likeness (QED) is 0.682. The zero-order valence-corrected chi connectivity index (χ0v) is 10.1. The molecule has 0 spiro atoms. The van der Waals surface area contributed by atoms with Crippen molar-refractivity contribution >= 4 is 0 Å². The molecule has 2 atom stereocenters. The summed E-state index contributed by atoms with van der Waals surface area (Å²) in [6, 6.07) is 0.997. The fourth-order valence-electron chi connectivity index (χ4n) is 1.79.